The van der Waals surface area contributed by atoms with Crippen molar-refractivity contribution in [2.45, 2.75) is 57.7 Å². The van der Waals surface area contributed by atoms with Gasteiger partial charge < -0.3 is 5.32 Å². The van der Waals surface area contributed by atoms with E-state index < -0.39 is 0 Å². The van der Waals surface area contributed by atoms with Crippen LogP contribution in [0.25, 0.3) is 0 Å². The molecule has 2 bridgehead atoms. The van der Waals surface area contributed by atoms with Crippen LogP contribution in [-0.4, -0.2) is 39.2 Å². The summed E-state index contributed by atoms with van der Waals surface area (Å²) in [4.78, 5) is 15.8. The first-order chi connectivity index (χ1) is 14.1. The van der Waals surface area contributed by atoms with Crippen molar-refractivity contribution in [1.82, 2.24) is 20.0 Å². The summed E-state index contributed by atoms with van der Waals surface area (Å²) in [6.45, 7) is 3.66. The second-order valence-electron chi connectivity index (χ2n) is 8.47. The highest BCUT2D eigenvalue weighted by Crippen LogP contribution is 2.52. The Balaban J connectivity index is 1.41. The molecule has 0 saturated carbocycles. The van der Waals surface area contributed by atoms with E-state index in [1.54, 1.807) is 4.68 Å². The number of nitrogens with zero attached hydrogens (tertiary/aromatic N) is 4. The van der Waals surface area contributed by atoms with Gasteiger partial charge in [0.1, 0.15) is 0 Å². The third-order valence-electron chi connectivity index (χ3n) is 6.87. The minimum atomic E-state index is -0.287. The van der Waals surface area contributed by atoms with Gasteiger partial charge in [0, 0.05) is 38.4 Å². The van der Waals surface area contributed by atoms with Gasteiger partial charge in [-0.15, -0.1) is 0 Å². The molecule has 0 radical (unpaired) electrons. The predicted octanol–water partition coefficient (Wildman–Crippen LogP) is 2.78. The number of hydrogen-bond acceptors (Lipinski definition) is 4. The predicted molar refractivity (Wildman–Crippen MR) is 111 cm³/mol. The maximum atomic E-state index is 13.3. The molecule has 152 valence electrons. The van der Waals surface area contributed by atoms with Crippen LogP contribution in [-0.2, 0) is 24.8 Å². The highest BCUT2D eigenvalue weighted by Gasteiger charge is 2.58. The summed E-state index contributed by atoms with van der Waals surface area (Å²) in [5, 5.41) is 16.4. The largest absolute Gasteiger partial charge is 0.355 e. The quantitative estimate of drug-likeness (QED) is 0.788. The molecule has 0 aliphatic carbocycles. The summed E-state index contributed by atoms with van der Waals surface area (Å²) in [6, 6.07) is 10.8. The van der Waals surface area contributed by atoms with Crippen LogP contribution in [0.2, 0.25) is 0 Å². The molecule has 2 aromatic rings. The van der Waals surface area contributed by atoms with Crippen molar-refractivity contribution in [3.8, 4) is 6.07 Å². The van der Waals surface area contributed by atoms with Gasteiger partial charge in [0.25, 0.3) is 0 Å². The van der Waals surface area contributed by atoms with E-state index in [-0.39, 0.29) is 11.3 Å². The number of benzene rings is 1. The van der Waals surface area contributed by atoms with Gasteiger partial charge in [0.05, 0.1) is 23.2 Å². The molecule has 2 saturated heterocycles. The molecule has 2 fully saturated rings. The Morgan fingerprint density at radius 1 is 1.31 bits per heavy atom. The molecule has 6 heteroatoms. The molecule has 3 heterocycles. The van der Waals surface area contributed by atoms with E-state index in [0.29, 0.717) is 24.2 Å². The number of fused-ring (bicyclic) bond motifs is 2. The van der Waals surface area contributed by atoms with E-state index in [2.05, 4.69) is 28.3 Å². The van der Waals surface area contributed by atoms with E-state index in [1.807, 2.05) is 43.7 Å². The lowest BCUT2D eigenvalue weighted by atomic mass is 9.71. The summed E-state index contributed by atoms with van der Waals surface area (Å²) in [5.74, 6) is 0.209. The Labute approximate surface area is 172 Å². The fourth-order valence-corrected chi connectivity index (χ4v) is 5.32. The summed E-state index contributed by atoms with van der Waals surface area (Å²) in [5.41, 5.74) is 2.76. The van der Waals surface area contributed by atoms with Gasteiger partial charge in [-0.3, -0.25) is 14.4 Å². The number of nitrogens with one attached hydrogen (secondary N) is 1. The Morgan fingerprint density at radius 2 is 2.10 bits per heavy atom. The van der Waals surface area contributed by atoms with Gasteiger partial charge in [0.15, 0.2) is 0 Å². The Hall–Kier alpha value is -2.65. The SMILES string of the molecule is CC[C@@]1(C(=O)NCCc2cnn(C)c2)C[C@@H]2CC[C@H]1N2Cc1ccc(C#N)cc1. The molecule has 1 aromatic carbocycles. The van der Waals surface area contributed by atoms with Crippen LogP contribution in [0.4, 0.5) is 0 Å². The van der Waals surface area contributed by atoms with Crippen molar-refractivity contribution >= 4 is 5.91 Å². The highest BCUT2D eigenvalue weighted by molar-refractivity contribution is 5.84. The maximum absolute atomic E-state index is 13.3. The lowest BCUT2D eigenvalue weighted by Crippen LogP contribution is -2.49. The van der Waals surface area contributed by atoms with E-state index in [1.165, 1.54) is 12.0 Å². The van der Waals surface area contributed by atoms with E-state index >= 15 is 0 Å². The average Bonchev–Trinajstić information content (AvgIpc) is 3.42. The van der Waals surface area contributed by atoms with Crippen molar-refractivity contribution in [1.29, 1.82) is 5.26 Å². The van der Waals surface area contributed by atoms with Crippen LogP contribution in [0.1, 0.15) is 49.3 Å². The second-order valence-corrected chi connectivity index (χ2v) is 8.47. The number of hydrogen-bond donors (Lipinski definition) is 1. The zero-order valence-corrected chi connectivity index (χ0v) is 17.3. The Morgan fingerprint density at radius 3 is 2.76 bits per heavy atom. The standard InChI is InChI=1S/C23H29N5O/c1-3-23(22(29)25-11-10-19-14-26-27(2)15-19)12-20-8-9-21(23)28(20)16-18-6-4-17(13-24)5-7-18/h4-7,14-15,20-21H,3,8-12,16H2,1-2H3,(H,25,29)/t20-,21+,23+/m0/s1. The fourth-order valence-electron chi connectivity index (χ4n) is 5.32. The molecule has 6 nitrogen and oxygen atoms in total. The first-order valence-corrected chi connectivity index (χ1v) is 10.6. The van der Waals surface area contributed by atoms with Crippen LogP contribution < -0.4 is 5.32 Å². The number of carbonyl (C=O) groups is 1. The third-order valence-corrected chi connectivity index (χ3v) is 6.87. The molecule has 29 heavy (non-hydrogen) atoms. The molecule has 4 rings (SSSR count). The lowest BCUT2D eigenvalue weighted by Gasteiger charge is -2.35. The molecule has 3 atom stereocenters. The summed E-state index contributed by atoms with van der Waals surface area (Å²) < 4.78 is 1.79. The summed E-state index contributed by atoms with van der Waals surface area (Å²) >= 11 is 0. The van der Waals surface area contributed by atoms with Gasteiger partial charge in [-0.1, -0.05) is 19.1 Å². The fraction of sp³-hybridized carbons (Fsp3) is 0.522. The van der Waals surface area contributed by atoms with Crippen LogP contribution >= 0.6 is 0 Å². The number of carbonyl (C=O) groups excluding carboxylic acids is 1. The van der Waals surface area contributed by atoms with E-state index in [0.717, 1.165) is 37.8 Å². The second kappa shape index (κ2) is 8.00. The average molecular weight is 392 g/mol. The number of aryl methyl sites for hydroxylation is 1. The first-order valence-electron chi connectivity index (χ1n) is 10.6. The molecular formula is C23H29N5O. The number of nitriles is 1. The Kier molecular flexibility index (Phi) is 5.42. The lowest BCUT2D eigenvalue weighted by molar-refractivity contribution is -0.133. The summed E-state index contributed by atoms with van der Waals surface area (Å²) in [6.07, 6.45) is 8.75. The third kappa shape index (κ3) is 3.67. The zero-order chi connectivity index (χ0) is 20.4. The highest BCUT2D eigenvalue weighted by atomic mass is 16.2. The van der Waals surface area contributed by atoms with Gasteiger partial charge in [-0.05, 0) is 55.4 Å². The van der Waals surface area contributed by atoms with Crippen molar-refractivity contribution in [3.05, 3.63) is 53.3 Å². The van der Waals surface area contributed by atoms with Gasteiger partial charge >= 0.3 is 0 Å². The molecule has 2 aliphatic rings. The van der Waals surface area contributed by atoms with Crippen molar-refractivity contribution in [2.75, 3.05) is 6.54 Å². The van der Waals surface area contributed by atoms with Crippen LogP contribution in [0, 0.1) is 16.7 Å². The molecule has 1 N–H and O–H groups in total. The van der Waals surface area contributed by atoms with Gasteiger partial charge in [0.2, 0.25) is 5.91 Å². The maximum Gasteiger partial charge on any atom is 0.227 e. The molecule has 1 amide bonds. The normalized spacial score (nSPS) is 25.8. The molecule has 2 aliphatic heterocycles. The van der Waals surface area contributed by atoms with Crippen molar-refractivity contribution < 1.29 is 4.79 Å². The minimum absolute atomic E-state index is 0.209. The number of aromatic nitrogens is 2. The van der Waals surface area contributed by atoms with Crippen molar-refractivity contribution in [2.24, 2.45) is 12.5 Å². The smallest absolute Gasteiger partial charge is 0.227 e. The monoisotopic (exact) mass is 391 g/mol. The van der Waals surface area contributed by atoms with Crippen LogP contribution in [0.15, 0.2) is 36.7 Å². The molecular weight excluding hydrogens is 362 g/mol. The number of amides is 1. The van der Waals surface area contributed by atoms with E-state index in [4.69, 9.17) is 5.26 Å². The van der Waals surface area contributed by atoms with Gasteiger partial charge in [-0.2, -0.15) is 10.4 Å². The van der Waals surface area contributed by atoms with Crippen molar-refractivity contribution in [3.63, 3.8) is 0 Å². The Bertz CT molecular complexity index is 912. The zero-order valence-electron chi connectivity index (χ0n) is 17.3. The topological polar surface area (TPSA) is 74.0 Å². The summed E-state index contributed by atoms with van der Waals surface area (Å²) in [7, 11) is 1.91. The molecule has 0 unspecified atom stereocenters. The molecule has 1 aromatic heterocycles. The van der Waals surface area contributed by atoms with Gasteiger partial charge in [-0.25, -0.2) is 0 Å². The van der Waals surface area contributed by atoms with E-state index in [9.17, 15) is 4.79 Å². The molecule has 0 spiro atoms. The van der Waals surface area contributed by atoms with Crippen LogP contribution in [0.5, 0.6) is 0 Å². The van der Waals surface area contributed by atoms with Crippen LogP contribution in [0.3, 0.4) is 0 Å². The minimum Gasteiger partial charge on any atom is -0.355 e. The first kappa shape index (κ1) is 19.7. The number of rotatable bonds is 7.